The largest absolute Gasteiger partial charge is 0.241 e. The molecule has 1 saturated heterocycles. The molecule has 0 aliphatic carbocycles. The van der Waals surface area contributed by atoms with Gasteiger partial charge in [0, 0.05) is 0 Å². The predicted molar refractivity (Wildman–Crippen MR) is 78.3 cm³/mol. The average Bonchev–Trinajstić information content (AvgIpc) is 2.54. The van der Waals surface area contributed by atoms with Crippen LogP contribution in [-0.2, 0) is 19.9 Å². The van der Waals surface area contributed by atoms with Crippen LogP contribution >= 0.6 is 11.6 Å². The standard InChI is InChI=1S/C12H16ClNO4S2/c1-8-3-4-9(2)12(5-8)20(17,18)14-11-7-19(15,16)6-10(11)13/h3-5,10-11,14H,6-7H2,1-2H3/t10-,11+/m0/s1. The lowest BCUT2D eigenvalue weighted by Crippen LogP contribution is -2.40. The van der Waals surface area contributed by atoms with Gasteiger partial charge in [-0.15, -0.1) is 11.6 Å². The molecule has 0 radical (unpaired) electrons. The Labute approximate surface area is 124 Å². The first kappa shape index (κ1) is 15.8. The van der Waals surface area contributed by atoms with E-state index in [9.17, 15) is 16.8 Å². The summed E-state index contributed by atoms with van der Waals surface area (Å²) in [5.74, 6) is -0.459. The molecule has 0 saturated carbocycles. The maximum Gasteiger partial charge on any atom is 0.241 e. The van der Waals surface area contributed by atoms with Crippen molar-refractivity contribution in [3.63, 3.8) is 0 Å². The number of aryl methyl sites for hydroxylation is 2. The number of hydrogen-bond donors (Lipinski definition) is 1. The van der Waals surface area contributed by atoms with Gasteiger partial charge in [-0.2, -0.15) is 0 Å². The van der Waals surface area contributed by atoms with Crippen molar-refractivity contribution in [3.05, 3.63) is 29.3 Å². The molecule has 0 spiro atoms. The maximum atomic E-state index is 12.4. The van der Waals surface area contributed by atoms with E-state index < -0.39 is 31.3 Å². The molecule has 1 N–H and O–H groups in total. The van der Waals surface area contributed by atoms with E-state index >= 15 is 0 Å². The van der Waals surface area contributed by atoms with Crippen molar-refractivity contribution >= 4 is 31.5 Å². The second-order valence-electron chi connectivity index (χ2n) is 5.09. The summed E-state index contributed by atoms with van der Waals surface area (Å²) in [7, 11) is -7.06. The van der Waals surface area contributed by atoms with Crippen LogP contribution in [0.15, 0.2) is 23.1 Å². The average molecular weight is 338 g/mol. The molecule has 112 valence electrons. The Morgan fingerprint density at radius 2 is 1.90 bits per heavy atom. The molecule has 0 aromatic heterocycles. The quantitative estimate of drug-likeness (QED) is 0.834. The highest BCUT2D eigenvalue weighted by Crippen LogP contribution is 2.22. The van der Waals surface area contributed by atoms with Gasteiger partial charge in [-0.3, -0.25) is 0 Å². The minimum absolute atomic E-state index is 0.158. The topological polar surface area (TPSA) is 80.3 Å². The van der Waals surface area contributed by atoms with Crippen LogP contribution in [0.2, 0.25) is 0 Å². The van der Waals surface area contributed by atoms with Crippen LogP contribution in [0.4, 0.5) is 0 Å². The van der Waals surface area contributed by atoms with Gasteiger partial charge in [-0.1, -0.05) is 12.1 Å². The van der Waals surface area contributed by atoms with Crippen LogP contribution in [0.5, 0.6) is 0 Å². The molecule has 8 heteroatoms. The highest BCUT2D eigenvalue weighted by molar-refractivity contribution is 7.92. The number of rotatable bonds is 3. The van der Waals surface area contributed by atoms with Gasteiger partial charge in [0.25, 0.3) is 0 Å². The maximum absolute atomic E-state index is 12.4. The van der Waals surface area contributed by atoms with Gasteiger partial charge in [-0.25, -0.2) is 21.6 Å². The lowest BCUT2D eigenvalue weighted by Gasteiger charge is -2.16. The Balaban J connectivity index is 2.31. The molecule has 0 bridgehead atoms. The van der Waals surface area contributed by atoms with E-state index in [1.165, 1.54) is 0 Å². The molecule has 0 unspecified atom stereocenters. The minimum Gasteiger partial charge on any atom is -0.229 e. The molecule has 1 heterocycles. The first-order chi connectivity index (χ1) is 9.11. The Hall–Kier alpha value is -0.630. The van der Waals surface area contributed by atoms with Gasteiger partial charge in [0.05, 0.1) is 27.8 Å². The van der Waals surface area contributed by atoms with E-state index in [0.717, 1.165) is 5.56 Å². The molecule has 1 fully saturated rings. The summed E-state index contributed by atoms with van der Waals surface area (Å²) in [6, 6.07) is 4.31. The first-order valence-electron chi connectivity index (χ1n) is 6.05. The molecule has 1 aliphatic rings. The second kappa shape index (κ2) is 5.29. The molecule has 5 nitrogen and oxygen atoms in total. The predicted octanol–water partition coefficient (Wildman–Crippen LogP) is 0.986. The zero-order valence-electron chi connectivity index (χ0n) is 11.1. The summed E-state index contributed by atoms with van der Waals surface area (Å²) in [4.78, 5) is 0.158. The van der Waals surface area contributed by atoms with Crippen molar-refractivity contribution in [2.75, 3.05) is 11.5 Å². The van der Waals surface area contributed by atoms with Crippen molar-refractivity contribution in [1.29, 1.82) is 0 Å². The zero-order chi connectivity index (χ0) is 15.1. The van der Waals surface area contributed by atoms with E-state index in [-0.39, 0.29) is 16.4 Å². The molecule has 2 rings (SSSR count). The molecular formula is C12H16ClNO4S2. The van der Waals surface area contributed by atoms with Crippen molar-refractivity contribution in [3.8, 4) is 0 Å². The Morgan fingerprint density at radius 3 is 2.45 bits per heavy atom. The first-order valence-corrected chi connectivity index (χ1v) is 9.79. The van der Waals surface area contributed by atoms with Crippen LogP contribution in [0.25, 0.3) is 0 Å². The number of sulfone groups is 1. The van der Waals surface area contributed by atoms with Crippen LogP contribution in [-0.4, -0.2) is 39.8 Å². The van der Waals surface area contributed by atoms with Gasteiger partial charge in [-0.05, 0) is 31.0 Å². The highest BCUT2D eigenvalue weighted by atomic mass is 35.5. The van der Waals surface area contributed by atoms with Crippen molar-refractivity contribution in [2.24, 2.45) is 0 Å². The third-order valence-electron chi connectivity index (χ3n) is 3.22. The molecule has 20 heavy (non-hydrogen) atoms. The van der Waals surface area contributed by atoms with Crippen molar-refractivity contribution < 1.29 is 16.8 Å². The normalized spacial score (nSPS) is 25.8. The fraction of sp³-hybridized carbons (Fsp3) is 0.500. The number of hydrogen-bond acceptors (Lipinski definition) is 4. The van der Waals surface area contributed by atoms with Gasteiger partial charge < -0.3 is 0 Å². The van der Waals surface area contributed by atoms with E-state index in [4.69, 9.17) is 11.6 Å². The number of halogens is 1. The Kier molecular flexibility index (Phi) is 4.17. The molecule has 2 atom stereocenters. The lowest BCUT2D eigenvalue weighted by molar-refractivity contribution is 0.563. The van der Waals surface area contributed by atoms with Crippen LogP contribution in [0.3, 0.4) is 0 Å². The minimum atomic E-state index is -3.78. The number of benzene rings is 1. The summed E-state index contributed by atoms with van der Waals surface area (Å²) in [5.41, 5.74) is 1.42. The summed E-state index contributed by atoms with van der Waals surface area (Å²) in [5, 5.41) is -0.736. The smallest absolute Gasteiger partial charge is 0.229 e. The number of nitrogens with one attached hydrogen (secondary N) is 1. The van der Waals surface area contributed by atoms with E-state index in [1.54, 1.807) is 26.0 Å². The van der Waals surface area contributed by atoms with Gasteiger partial charge in [0.2, 0.25) is 10.0 Å². The summed E-state index contributed by atoms with van der Waals surface area (Å²) >= 11 is 5.92. The second-order valence-corrected chi connectivity index (χ2v) is 9.49. The van der Waals surface area contributed by atoms with Crippen molar-refractivity contribution in [1.82, 2.24) is 4.72 Å². The van der Waals surface area contributed by atoms with E-state index in [1.807, 2.05) is 6.07 Å². The summed E-state index contributed by atoms with van der Waals surface area (Å²) in [6.45, 7) is 3.49. The monoisotopic (exact) mass is 337 g/mol. The van der Waals surface area contributed by atoms with Gasteiger partial charge in [0.15, 0.2) is 9.84 Å². The zero-order valence-corrected chi connectivity index (χ0v) is 13.5. The third-order valence-corrected chi connectivity index (χ3v) is 7.23. The SMILES string of the molecule is Cc1ccc(C)c(S(=O)(=O)N[C@@H]2CS(=O)(=O)C[C@@H]2Cl)c1. The summed E-state index contributed by atoms with van der Waals surface area (Å²) < 4.78 is 50.1. The Bertz CT molecular complexity index is 728. The Morgan fingerprint density at radius 1 is 1.25 bits per heavy atom. The summed E-state index contributed by atoms with van der Waals surface area (Å²) in [6.07, 6.45) is 0. The molecule has 0 amide bonds. The number of alkyl halides is 1. The van der Waals surface area contributed by atoms with Gasteiger partial charge >= 0.3 is 0 Å². The van der Waals surface area contributed by atoms with E-state index in [0.29, 0.717) is 5.56 Å². The van der Waals surface area contributed by atoms with Crippen LogP contribution < -0.4 is 4.72 Å². The van der Waals surface area contributed by atoms with Crippen LogP contribution in [0, 0.1) is 13.8 Å². The molecule has 1 aromatic rings. The molecule has 1 aromatic carbocycles. The van der Waals surface area contributed by atoms with E-state index in [2.05, 4.69) is 4.72 Å². The third kappa shape index (κ3) is 3.33. The fourth-order valence-corrected chi connectivity index (χ4v) is 6.51. The highest BCUT2D eigenvalue weighted by Gasteiger charge is 2.39. The van der Waals surface area contributed by atoms with Crippen molar-refractivity contribution in [2.45, 2.75) is 30.2 Å². The molecular weight excluding hydrogens is 322 g/mol. The lowest BCUT2D eigenvalue weighted by atomic mass is 10.2. The van der Waals surface area contributed by atoms with Gasteiger partial charge in [0.1, 0.15) is 0 Å². The molecule has 1 aliphatic heterocycles. The van der Waals surface area contributed by atoms with Crippen LogP contribution in [0.1, 0.15) is 11.1 Å². The number of sulfonamides is 1. The fourth-order valence-electron chi connectivity index (χ4n) is 2.17.